The summed E-state index contributed by atoms with van der Waals surface area (Å²) in [5.74, 6) is 1.43. The number of H-pyrrole nitrogens is 1. The van der Waals surface area contributed by atoms with E-state index in [4.69, 9.17) is 22.3 Å². The Labute approximate surface area is 169 Å². The Kier molecular flexibility index (Phi) is 4.20. The van der Waals surface area contributed by atoms with Gasteiger partial charge in [-0.1, -0.05) is 29.8 Å². The van der Waals surface area contributed by atoms with E-state index in [9.17, 15) is 0 Å². The standard InChI is InChI=1S/C20H15ClN6S/c21-15-8-11(9-22)4-5-16(15)25-20-14-6-7-28-18(14)12-2-1-3-13(17(12)26-20)19-23-10-24-27-19/h1-8,10H,9,22H2,(H,25,26)(H,23,24,27). The average Bonchev–Trinajstić information content (AvgIpc) is 3.41. The Bertz CT molecular complexity index is 1300. The number of aromatic amines is 1. The van der Waals surface area contributed by atoms with Gasteiger partial charge in [0.15, 0.2) is 5.82 Å². The molecule has 8 heteroatoms. The molecule has 0 bridgehead atoms. The van der Waals surface area contributed by atoms with Gasteiger partial charge in [0, 0.05) is 27.6 Å². The largest absolute Gasteiger partial charge is 0.338 e. The minimum Gasteiger partial charge on any atom is -0.338 e. The number of benzene rings is 2. The maximum absolute atomic E-state index is 6.45. The van der Waals surface area contributed by atoms with Crippen LogP contribution in [0.15, 0.2) is 54.2 Å². The highest BCUT2D eigenvalue weighted by molar-refractivity contribution is 7.18. The van der Waals surface area contributed by atoms with E-state index in [0.29, 0.717) is 17.4 Å². The number of fused-ring (bicyclic) bond motifs is 3. The summed E-state index contributed by atoms with van der Waals surface area (Å²) in [5.41, 5.74) is 9.23. The predicted octanol–water partition coefficient (Wildman–Crippen LogP) is 5.09. The number of pyridine rings is 1. The SMILES string of the molecule is NCc1ccc(Nc2nc3c(-c4nnc[nH]4)cccc3c3sccc23)c(Cl)c1. The number of thiophene rings is 1. The Morgan fingerprint density at radius 3 is 2.86 bits per heavy atom. The van der Waals surface area contributed by atoms with Gasteiger partial charge < -0.3 is 16.0 Å². The van der Waals surface area contributed by atoms with Gasteiger partial charge in [0.1, 0.15) is 12.1 Å². The summed E-state index contributed by atoms with van der Waals surface area (Å²) in [5, 5.41) is 16.3. The summed E-state index contributed by atoms with van der Waals surface area (Å²) >= 11 is 8.13. The van der Waals surface area contributed by atoms with Gasteiger partial charge in [-0.25, -0.2) is 4.98 Å². The van der Waals surface area contributed by atoms with Gasteiger partial charge in [0.25, 0.3) is 0 Å². The molecule has 3 aromatic heterocycles. The van der Waals surface area contributed by atoms with Crippen LogP contribution < -0.4 is 11.1 Å². The van der Waals surface area contributed by atoms with Crippen LogP contribution in [-0.4, -0.2) is 20.2 Å². The molecule has 5 rings (SSSR count). The second-order valence-electron chi connectivity index (χ2n) is 6.31. The topological polar surface area (TPSA) is 92.5 Å². The summed E-state index contributed by atoms with van der Waals surface area (Å²) in [4.78, 5) is 8.00. The van der Waals surface area contributed by atoms with Gasteiger partial charge in [0.05, 0.1) is 16.2 Å². The Morgan fingerprint density at radius 2 is 2.07 bits per heavy atom. The molecular formula is C20H15ClN6S. The van der Waals surface area contributed by atoms with Crippen LogP contribution in [0.3, 0.4) is 0 Å². The number of hydrogen-bond acceptors (Lipinski definition) is 6. The van der Waals surface area contributed by atoms with E-state index >= 15 is 0 Å². The first-order valence-electron chi connectivity index (χ1n) is 8.66. The first kappa shape index (κ1) is 17.1. The van der Waals surface area contributed by atoms with Gasteiger partial charge in [-0.3, -0.25) is 0 Å². The van der Waals surface area contributed by atoms with Crippen LogP contribution in [0.1, 0.15) is 5.56 Å². The second-order valence-corrected chi connectivity index (χ2v) is 7.63. The van der Waals surface area contributed by atoms with Crippen molar-refractivity contribution in [2.75, 3.05) is 5.32 Å². The van der Waals surface area contributed by atoms with Gasteiger partial charge in [-0.15, -0.1) is 21.5 Å². The van der Waals surface area contributed by atoms with Crippen molar-refractivity contribution in [3.05, 3.63) is 64.8 Å². The van der Waals surface area contributed by atoms with E-state index in [1.807, 2.05) is 30.3 Å². The zero-order valence-electron chi connectivity index (χ0n) is 14.6. The third-order valence-electron chi connectivity index (χ3n) is 4.62. The predicted molar refractivity (Wildman–Crippen MR) is 115 cm³/mol. The van der Waals surface area contributed by atoms with E-state index in [1.54, 1.807) is 17.7 Å². The number of hydrogen-bond donors (Lipinski definition) is 3. The maximum Gasteiger partial charge on any atom is 0.163 e. The van der Waals surface area contributed by atoms with Crippen LogP contribution in [0, 0.1) is 0 Å². The summed E-state index contributed by atoms with van der Waals surface area (Å²) < 4.78 is 1.16. The fourth-order valence-electron chi connectivity index (χ4n) is 3.26. The number of aromatic nitrogens is 4. The molecule has 0 saturated heterocycles. The molecule has 0 aliphatic rings. The zero-order valence-corrected chi connectivity index (χ0v) is 16.2. The molecule has 6 nitrogen and oxygen atoms in total. The lowest BCUT2D eigenvalue weighted by molar-refractivity contribution is 1.07. The number of nitrogens with zero attached hydrogens (tertiary/aromatic N) is 3. The molecule has 0 saturated carbocycles. The van der Waals surface area contributed by atoms with E-state index in [0.717, 1.165) is 43.6 Å². The molecule has 0 spiro atoms. The second kappa shape index (κ2) is 6.87. The van der Waals surface area contributed by atoms with Crippen molar-refractivity contribution in [2.24, 2.45) is 5.73 Å². The molecule has 0 unspecified atom stereocenters. The molecule has 0 amide bonds. The molecule has 3 heterocycles. The van der Waals surface area contributed by atoms with Crippen molar-refractivity contribution in [3.63, 3.8) is 0 Å². The number of nitrogens with two attached hydrogens (primary N) is 1. The van der Waals surface area contributed by atoms with Gasteiger partial charge in [-0.05, 0) is 35.2 Å². The van der Waals surface area contributed by atoms with Crippen molar-refractivity contribution >= 4 is 55.4 Å². The maximum atomic E-state index is 6.45. The molecule has 28 heavy (non-hydrogen) atoms. The molecule has 4 N–H and O–H groups in total. The van der Waals surface area contributed by atoms with E-state index < -0.39 is 0 Å². The van der Waals surface area contributed by atoms with Gasteiger partial charge >= 0.3 is 0 Å². The highest BCUT2D eigenvalue weighted by Gasteiger charge is 2.15. The van der Waals surface area contributed by atoms with E-state index in [2.05, 4.69) is 38.0 Å². The quantitative estimate of drug-likeness (QED) is 0.386. The molecule has 0 atom stereocenters. The number of nitrogens with one attached hydrogen (secondary N) is 2. The minimum atomic E-state index is 0.448. The molecule has 0 radical (unpaired) electrons. The van der Waals surface area contributed by atoms with E-state index in [1.165, 1.54) is 0 Å². The van der Waals surface area contributed by atoms with Crippen LogP contribution in [0.5, 0.6) is 0 Å². The molecule has 0 fully saturated rings. The first-order valence-corrected chi connectivity index (χ1v) is 9.92. The van der Waals surface area contributed by atoms with Crippen molar-refractivity contribution in [1.82, 2.24) is 20.2 Å². The minimum absolute atomic E-state index is 0.448. The molecule has 5 aromatic rings. The fraction of sp³-hybridized carbons (Fsp3) is 0.0500. The number of anilines is 2. The summed E-state index contributed by atoms with van der Waals surface area (Å²) in [7, 11) is 0. The lowest BCUT2D eigenvalue weighted by Crippen LogP contribution is -1.99. The van der Waals surface area contributed by atoms with Crippen molar-refractivity contribution in [1.29, 1.82) is 0 Å². The normalized spacial score (nSPS) is 11.4. The molecular weight excluding hydrogens is 392 g/mol. The Hall–Kier alpha value is -3.00. The van der Waals surface area contributed by atoms with Crippen molar-refractivity contribution in [2.45, 2.75) is 6.54 Å². The van der Waals surface area contributed by atoms with Gasteiger partial charge in [-0.2, -0.15) is 0 Å². The molecule has 0 aliphatic heterocycles. The van der Waals surface area contributed by atoms with Crippen LogP contribution in [0.4, 0.5) is 11.5 Å². The van der Waals surface area contributed by atoms with Crippen LogP contribution in [0.25, 0.3) is 32.4 Å². The lowest BCUT2D eigenvalue weighted by Gasteiger charge is -2.12. The smallest absolute Gasteiger partial charge is 0.163 e. The number of halogens is 1. The summed E-state index contributed by atoms with van der Waals surface area (Å²) in [6, 6.07) is 13.9. The third kappa shape index (κ3) is 2.80. The lowest BCUT2D eigenvalue weighted by atomic mass is 10.1. The number of para-hydroxylation sites is 1. The average molecular weight is 407 g/mol. The fourth-order valence-corrected chi connectivity index (χ4v) is 4.44. The van der Waals surface area contributed by atoms with Crippen molar-refractivity contribution in [3.8, 4) is 11.4 Å². The third-order valence-corrected chi connectivity index (χ3v) is 5.88. The monoisotopic (exact) mass is 406 g/mol. The Balaban J connectivity index is 1.72. The number of rotatable bonds is 4. The van der Waals surface area contributed by atoms with Crippen molar-refractivity contribution < 1.29 is 0 Å². The van der Waals surface area contributed by atoms with E-state index in [-0.39, 0.29) is 0 Å². The summed E-state index contributed by atoms with van der Waals surface area (Å²) in [6.07, 6.45) is 1.57. The highest BCUT2D eigenvalue weighted by Crippen LogP contribution is 2.38. The Morgan fingerprint density at radius 1 is 1.14 bits per heavy atom. The molecule has 0 aliphatic carbocycles. The first-order chi connectivity index (χ1) is 13.7. The molecule has 2 aromatic carbocycles. The van der Waals surface area contributed by atoms with Crippen LogP contribution in [-0.2, 0) is 6.54 Å². The summed E-state index contributed by atoms with van der Waals surface area (Å²) in [6.45, 7) is 0.448. The van der Waals surface area contributed by atoms with Gasteiger partial charge in [0.2, 0.25) is 0 Å². The molecule has 138 valence electrons. The van der Waals surface area contributed by atoms with Crippen LogP contribution in [0.2, 0.25) is 5.02 Å². The van der Waals surface area contributed by atoms with Crippen LogP contribution >= 0.6 is 22.9 Å². The zero-order chi connectivity index (χ0) is 19.1. The highest BCUT2D eigenvalue weighted by atomic mass is 35.5.